The topological polar surface area (TPSA) is 27.1 Å². The molecule has 2 aromatic heterocycles. The molecule has 3 aromatic rings. The summed E-state index contributed by atoms with van der Waals surface area (Å²) in [6.45, 7) is 0. The average molecular weight is 278 g/mol. The van der Waals surface area contributed by atoms with E-state index in [4.69, 9.17) is 0 Å². The third kappa shape index (κ3) is 2.45. The van der Waals surface area contributed by atoms with E-state index in [-0.39, 0.29) is 5.75 Å². The Balaban J connectivity index is 1.95. The Morgan fingerprint density at radius 3 is 2.45 bits per heavy atom. The van der Waals surface area contributed by atoms with E-state index >= 15 is 0 Å². The summed E-state index contributed by atoms with van der Waals surface area (Å²) in [4.78, 5) is 4.25. The number of hydrogen-bond acceptors (Lipinski definition) is 2. The second kappa shape index (κ2) is 4.56. The molecule has 6 heteroatoms. The van der Waals surface area contributed by atoms with Crippen molar-refractivity contribution in [3.05, 3.63) is 54.9 Å². The Bertz CT molecular complexity index is 732. The summed E-state index contributed by atoms with van der Waals surface area (Å²) in [7, 11) is 0. The van der Waals surface area contributed by atoms with Gasteiger partial charge in [0.15, 0.2) is 0 Å². The number of rotatable bonds is 2. The zero-order valence-electron chi connectivity index (χ0n) is 10.1. The quantitative estimate of drug-likeness (QED) is 0.710. The molecule has 0 atom stereocenters. The van der Waals surface area contributed by atoms with E-state index in [1.165, 1.54) is 12.1 Å². The summed E-state index contributed by atoms with van der Waals surface area (Å²) < 4.78 is 41.9. The molecule has 0 amide bonds. The van der Waals surface area contributed by atoms with E-state index in [2.05, 4.69) is 9.72 Å². The minimum absolute atomic E-state index is 0.245. The molecule has 0 spiro atoms. The molecule has 2 heterocycles. The maximum atomic E-state index is 12.1. The highest BCUT2D eigenvalue weighted by molar-refractivity contribution is 5.77. The third-order valence-electron chi connectivity index (χ3n) is 2.80. The first kappa shape index (κ1) is 12.5. The van der Waals surface area contributed by atoms with E-state index in [0.29, 0.717) is 5.69 Å². The Kier molecular flexibility index (Phi) is 2.85. The Morgan fingerprint density at radius 2 is 1.75 bits per heavy atom. The number of nitrogens with zero attached hydrogens (tertiary/aromatic N) is 2. The molecule has 0 saturated heterocycles. The molecule has 0 unspecified atom stereocenters. The fourth-order valence-electron chi connectivity index (χ4n) is 1.98. The summed E-state index contributed by atoms with van der Waals surface area (Å²) >= 11 is 0. The first-order valence-corrected chi connectivity index (χ1v) is 5.81. The van der Waals surface area contributed by atoms with Crippen molar-refractivity contribution in [2.45, 2.75) is 6.36 Å². The van der Waals surface area contributed by atoms with Gasteiger partial charge in [-0.1, -0.05) is 0 Å². The van der Waals surface area contributed by atoms with Gasteiger partial charge in [-0.05, 0) is 42.5 Å². The van der Waals surface area contributed by atoms with Crippen LogP contribution in [0.4, 0.5) is 13.2 Å². The lowest BCUT2D eigenvalue weighted by molar-refractivity contribution is -0.274. The monoisotopic (exact) mass is 278 g/mol. The number of fused-ring (bicyclic) bond motifs is 1. The van der Waals surface area contributed by atoms with Crippen LogP contribution in [0.3, 0.4) is 0 Å². The van der Waals surface area contributed by atoms with Gasteiger partial charge >= 0.3 is 6.36 Å². The Morgan fingerprint density at radius 1 is 1.00 bits per heavy atom. The van der Waals surface area contributed by atoms with Crippen molar-refractivity contribution in [1.82, 2.24) is 9.55 Å². The van der Waals surface area contributed by atoms with Crippen molar-refractivity contribution < 1.29 is 17.9 Å². The molecular formula is C14H9F3N2O. The van der Waals surface area contributed by atoms with Crippen molar-refractivity contribution in [2.24, 2.45) is 0 Å². The molecule has 3 nitrogen and oxygen atoms in total. The van der Waals surface area contributed by atoms with Crippen LogP contribution in [0.5, 0.6) is 5.75 Å². The number of ether oxygens (including phenoxy) is 1. The lowest BCUT2D eigenvalue weighted by atomic mass is 10.3. The van der Waals surface area contributed by atoms with Gasteiger partial charge in [-0.3, -0.25) is 0 Å². The van der Waals surface area contributed by atoms with Crippen LogP contribution in [0.1, 0.15) is 0 Å². The molecule has 0 bridgehead atoms. The molecule has 1 aromatic carbocycles. The average Bonchev–Trinajstić information content (AvgIpc) is 2.82. The van der Waals surface area contributed by atoms with Crippen molar-refractivity contribution in [3.8, 4) is 11.4 Å². The lowest BCUT2D eigenvalue weighted by Gasteiger charge is -2.10. The largest absolute Gasteiger partial charge is 0.573 e. The van der Waals surface area contributed by atoms with Gasteiger partial charge in [0, 0.05) is 23.5 Å². The lowest BCUT2D eigenvalue weighted by Crippen LogP contribution is -2.17. The van der Waals surface area contributed by atoms with Crippen molar-refractivity contribution in [2.75, 3.05) is 0 Å². The predicted octanol–water partition coefficient (Wildman–Crippen LogP) is 3.92. The second-order valence-electron chi connectivity index (χ2n) is 4.14. The minimum Gasteiger partial charge on any atom is -0.406 e. The van der Waals surface area contributed by atoms with Crippen LogP contribution in [-0.2, 0) is 0 Å². The van der Waals surface area contributed by atoms with Crippen molar-refractivity contribution in [1.29, 1.82) is 0 Å². The van der Waals surface area contributed by atoms with Crippen LogP contribution in [0.2, 0.25) is 0 Å². The highest BCUT2D eigenvalue weighted by Crippen LogP contribution is 2.25. The fraction of sp³-hybridized carbons (Fsp3) is 0.0714. The summed E-state index contributed by atoms with van der Waals surface area (Å²) in [5, 5.41) is 0.961. The van der Waals surface area contributed by atoms with Crippen LogP contribution in [0, 0.1) is 0 Å². The van der Waals surface area contributed by atoms with Crippen molar-refractivity contribution in [3.63, 3.8) is 0 Å². The smallest absolute Gasteiger partial charge is 0.406 e. The van der Waals surface area contributed by atoms with Gasteiger partial charge in [-0.25, -0.2) is 4.98 Å². The van der Waals surface area contributed by atoms with Gasteiger partial charge in [0.25, 0.3) is 0 Å². The number of halogens is 3. The van der Waals surface area contributed by atoms with Gasteiger partial charge in [-0.15, -0.1) is 13.2 Å². The van der Waals surface area contributed by atoms with Crippen LogP contribution < -0.4 is 4.74 Å². The minimum atomic E-state index is -4.68. The predicted molar refractivity (Wildman–Crippen MR) is 67.8 cm³/mol. The maximum Gasteiger partial charge on any atom is 0.573 e. The summed E-state index contributed by atoms with van der Waals surface area (Å²) in [6, 6.07) is 11.3. The van der Waals surface area contributed by atoms with E-state index in [1.807, 2.05) is 24.4 Å². The van der Waals surface area contributed by atoms with Gasteiger partial charge in [0.1, 0.15) is 11.4 Å². The number of aromatic nitrogens is 2. The van der Waals surface area contributed by atoms with Gasteiger partial charge in [0.2, 0.25) is 0 Å². The van der Waals surface area contributed by atoms with E-state index < -0.39 is 6.36 Å². The van der Waals surface area contributed by atoms with Crippen molar-refractivity contribution >= 4 is 11.0 Å². The molecule has 0 radical (unpaired) electrons. The molecular weight excluding hydrogens is 269 g/mol. The zero-order valence-corrected chi connectivity index (χ0v) is 10.1. The second-order valence-corrected chi connectivity index (χ2v) is 4.14. The summed E-state index contributed by atoms with van der Waals surface area (Å²) in [6.07, 6.45) is -1.19. The molecule has 0 fully saturated rings. The molecule has 20 heavy (non-hydrogen) atoms. The number of benzene rings is 1. The Labute approximate surface area is 112 Å². The van der Waals surface area contributed by atoms with E-state index in [1.54, 1.807) is 22.9 Å². The number of pyridine rings is 1. The van der Waals surface area contributed by atoms with Gasteiger partial charge in [-0.2, -0.15) is 0 Å². The van der Waals surface area contributed by atoms with Crippen LogP contribution >= 0.6 is 0 Å². The molecule has 0 aliphatic heterocycles. The molecule has 3 rings (SSSR count). The molecule has 0 aliphatic rings. The molecule has 102 valence electrons. The van der Waals surface area contributed by atoms with Crippen LogP contribution in [0.15, 0.2) is 54.9 Å². The zero-order chi connectivity index (χ0) is 14.2. The van der Waals surface area contributed by atoms with Crippen LogP contribution in [-0.4, -0.2) is 15.9 Å². The first-order chi connectivity index (χ1) is 9.53. The Hall–Kier alpha value is -2.50. The SMILES string of the molecule is FC(F)(F)Oc1ccc(-n2ccc3cccnc32)cc1. The number of hydrogen-bond donors (Lipinski definition) is 0. The first-order valence-electron chi connectivity index (χ1n) is 5.81. The summed E-state index contributed by atoms with van der Waals surface area (Å²) in [5.74, 6) is -0.245. The normalized spacial score (nSPS) is 11.8. The highest BCUT2D eigenvalue weighted by Gasteiger charge is 2.30. The fourth-order valence-corrected chi connectivity index (χ4v) is 1.98. The highest BCUT2D eigenvalue weighted by atomic mass is 19.4. The van der Waals surface area contributed by atoms with Gasteiger partial charge < -0.3 is 9.30 Å². The molecule has 0 saturated carbocycles. The summed E-state index contributed by atoms with van der Waals surface area (Å²) in [5.41, 5.74) is 1.46. The van der Waals surface area contributed by atoms with E-state index in [0.717, 1.165) is 11.0 Å². The maximum absolute atomic E-state index is 12.1. The number of alkyl halides is 3. The molecule has 0 N–H and O–H groups in total. The van der Waals surface area contributed by atoms with E-state index in [9.17, 15) is 13.2 Å². The standard InChI is InChI=1S/C14H9F3N2O/c15-14(16,17)20-12-5-3-11(4-6-12)19-9-7-10-2-1-8-18-13(10)19/h1-9H. The van der Waals surface area contributed by atoms with Crippen LogP contribution in [0.25, 0.3) is 16.7 Å². The third-order valence-corrected chi connectivity index (χ3v) is 2.80. The van der Waals surface area contributed by atoms with Gasteiger partial charge in [0.05, 0.1) is 0 Å². The molecule has 0 aliphatic carbocycles.